The van der Waals surface area contributed by atoms with Gasteiger partial charge in [-0.05, 0) is 54.0 Å². The number of hydrogen-bond acceptors (Lipinski definition) is 5. The molecule has 0 aromatic heterocycles. The number of carboxylic acids is 1. The van der Waals surface area contributed by atoms with Crippen molar-refractivity contribution in [1.29, 1.82) is 0 Å². The maximum absolute atomic E-state index is 14.8. The Labute approximate surface area is 278 Å². The Bertz CT molecular complexity index is 1620. The average molecular weight is 699 g/mol. The van der Waals surface area contributed by atoms with Gasteiger partial charge in [-0.15, -0.1) is 0 Å². The third-order valence-electron chi connectivity index (χ3n) is 9.25. The number of alkyl halides is 3. The Morgan fingerprint density at radius 3 is 2.04 bits per heavy atom. The number of fused-ring (bicyclic) bond motifs is 2. The molecule has 4 aliphatic rings. The van der Waals surface area contributed by atoms with Gasteiger partial charge in [0.15, 0.2) is 11.6 Å². The Morgan fingerprint density at radius 1 is 0.958 bits per heavy atom. The molecule has 0 bridgehead atoms. The molecule has 6 rings (SSSR count). The van der Waals surface area contributed by atoms with Gasteiger partial charge in [0.05, 0.1) is 6.04 Å². The number of carbonyl (C=O) groups excluding carboxylic acids is 3. The van der Waals surface area contributed by atoms with Gasteiger partial charge < -0.3 is 25.5 Å². The fourth-order valence-electron chi connectivity index (χ4n) is 7.05. The van der Waals surface area contributed by atoms with Crippen molar-refractivity contribution in [2.45, 2.75) is 69.6 Å². The maximum atomic E-state index is 14.8. The number of nitrogens with one attached hydrogen (secondary N) is 2. The number of aliphatic carboxylic acids is 1. The number of rotatable bonds is 4. The minimum atomic E-state index is -5.08. The number of carboxylic acid groups (broad SMARTS) is 1. The number of amides is 3. The molecule has 1 spiro atoms. The van der Waals surface area contributed by atoms with E-state index in [1.807, 2.05) is 31.7 Å². The second-order valence-electron chi connectivity index (χ2n) is 13.9. The van der Waals surface area contributed by atoms with Crippen molar-refractivity contribution in [2.75, 3.05) is 31.5 Å². The number of hydrogen-bond donors (Lipinski definition) is 3. The molecule has 0 unspecified atom stereocenters. The van der Waals surface area contributed by atoms with E-state index in [1.165, 1.54) is 0 Å². The summed E-state index contributed by atoms with van der Waals surface area (Å²) in [6, 6.07) is 7.78. The van der Waals surface area contributed by atoms with Gasteiger partial charge in [-0.2, -0.15) is 13.2 Å². The molecule has 260 valence electrons. The molecule has 48 heavy (non-hydrogen) atoms. The van der Waals surface area contributed by atoms with E-state index in [-0.39, 0.29) is 28.8 Å². The summed E-state index contributed by atoms with van der Waals surface area (Å²) < 4.78 is 60.9. The molecule has 3 aliphatic heterocycles. The maximum Gasteiger partial charge on any atom is 0.490 e. The molecular formula is C33H36ClF5N4O5. The van der Waals surface area contributed by atoms with Crippen molar-refractivity contribution in [2.24, 2.45) is 11.3 Å². The van der Waals surface area contributed by atoms with Crippen LogP contribution in [0.5, 0.6) is 0 Å². The highest BCUT2D eigenvalue weighted by Gasteiger charge is 2.66. The van der Waals surface area contributed by atoms with Crippen LogP contribution < -0.4 is 10.6 Å². The van der Waals surface area contributed by atoms with Crippen LogP contribution >= 0.6 is 11.6 Å². The lowest BCUT2D eigenvalue weighted by atomic mass is 9.62. The highest BCUT2D eigenvalue weighted by molar-refractivity contribution is 6.30. The number of benzene rings is 2. The number of halogens is 6. The zero-order valence-corrected chi connectivity index (χ0v) is 27.2. The third kappa shape index (κ3) is 6.87. The third-order valence-corrected chi connectivity index (χ3v) is 9.48. The lowest BCUT2D eigenvalue weighted by Gasteiger charge is -2.39. The highest BCUT2D eigenvalue weighted by Crippen LogP contribution is 2.57. The van der Waals surface area contributed by atoms with Gasteiger partial charge in [0.2, 0.25) is 17.7 Å². The summed E-state index contributed by atoms with van der Waals surface area (Å²) in [5.74, 6) is -5.93. The van der Waals surface area contributed by atoms with Gasteiger partial charge in [-0.3, -0.25) is 14.4 Å². The Kier molecular flexibility index (Phi) is 9.56. The van der Waals surface area contributed by atoms with Crippen molar-refractivity contribution < 1.29 is 46.2 Å². The number of nitrogens with zero attached hydrogens (tertiary/aromatic N) is 2. The van der Waals surface area contributed by atoms with E-state index in [0.29, 0.717) is 48.7 Å². The molecule has 1 saturated carbocycles. The summed E-state index contributed by atoms with van der Waals surface area (Å²) >= 11 is 6.43. The predicted octanol–water partition coefficient (Wildman–Crippen LogP) is 5.08. The summed E-state index contributed by atoms with van der Waals surface area (Å²) in [6.07, 6.45) is -2.74. The normalized spacial score (nSPS) is 25.4. The van der Waals surface area contributed by atoms with Gasteiger partial charge in [0.25, 0.3) is 0 Å². The molecule has 2 saturated heterocycles. The largest absolute Gasteiger partial charge is 0.490 e. The summed E-state index contributed by atoms with van der Waals surface area (Å²) in [7, 11) is 0. The van der Waals surface area contributed by atoms with Gasteiger partial charge in [0, 0.05) is 60.8 Å². The molecule has 4 atom stereocenters. The Balaban J connectivity index is 0.000000582. The number of piperazine rings is 1. The van der Waals surface area contributed by atoms with Gasteiger partial charge in [-0.25, -0.2) is 13.6 Å². The predicted molar refractivity (Wildman–Crippen MR) is 165 cm³/mol. The molecule has 2 aromatic carbocycles. The molecule has 3 heterocycles. The van der Waals surface area contributed by atoms with Crippen LogP contribution in [-0.2, 0) is 24.6 Å². The molecule has 3 N–H and O–H groups in total. The monoisotopic (exact) mass is 698 g/mol. The van der Waals surface area contributed by atoms with Crippen LogP contribution in [0.3, 0.4) is 0 Å². The molecule has 3 fully saturated rings. The van der Waals surface area contributed by atoms with E-state index in [2.05, 4.69) is 10.6 Å². The summed E-state index contributed by atoms with van der Waals surface area (Å²) in [6.45, 7) is 7.82. The zero-order chi connectivity index (χ0) is 35.3. The minimum absolute atomic E-state index is 0.116. The van der Waals surface area contributed by atoms with E-state index < -0.39 is 53.1 Å². The molecule has 3 amide bonds. The standard InChI is InChI=1S/C31H35ClF2N4O3.C2HF3O2/c1-30(2,3)16-24-31(20-14-21(33)22(34)15-23(20)35-29(31)41)25(18-5-4-6-19(32)13-18)26(36-24)28(40)38-11-9-37(10-12-38)27(39)17-7-8-17;3-2(4,5)1(6)7/h4-6,13-15,17,24-26,36H,7-12,16H2,1-3H3,(H,35,41);(H,6,7)/t24-,25+,26-,31+;/m1./s1. The quantitative estimate of drug-likeness (QED) is 0.384. The number of anilines is 1. The Morgan fingerprint density at radius 2 is 1.52 bits per heavy atom. The highest BCUT2D eigenvalue weighted by atomic mass is 35.5. The topological polar surface area (TPSA) is 119 Å². The lowest BCUT2D eigenvalue weighted by Crippen LogP contribution is -2.55. The molecule has 1 aliphatic carbocycles. The van der Waals surface area contributed by atoms with E-state index in [0.717, 1.165) is 25.0 Å². The van der Waals surface area contributed by atoms with Gasteiger partial charge in [-0.1, -0.05) is 44.5 Å². The van der Waals surface area contributed by atoms with Crippen LogP contribution in [0.2, 0.25) is 5.02 Å². The van der Waals surface area contributed by atoms with Crippen LogP contribution in [0.4, 0.5) is 27.6 Å². The fourth-order valence-corrected chi connectivity index (χ4v) is 7.25. The van der Waals surface area contributed by atoms with Crippen molar-refractivity contribution in [3.63, 3.8) is 0 Å². The van der Waals surface area contributed by atoms with Crippen molar-refractivity contribution in [3.8, 4) is 0 Å². The lowest BCUT2D eigenvalue weighted by molar-refractivity contribution is -0.192. The molecular weight excluding hydrogens is 663 g/mol. The summed E-state index contributed by atoms with van der Waals surface area (Å²) in [5.41, 5.74) is -0.454. The van der Waals surface area contributed by atoms with E-state index in [4.69, 9.17) is 21.5 Å². The van der Waals surface area contributed by atoms with Crippen molar-refractivity contribution in [3.05, 3.63) is 64.2 Å². The summed E-state index contributed by atoms with van der Waals surface area (Å²) in [5, 5.41) is 13.9. The molecule has 0 radical (unpaired) electrons. The van der Waals surface area contributed by atoms with Crippen LogP contribution in [0.15, 0.2) is 36.4 Å². The van der Waals surface area contributed by atoms with Gasteiger partial charge in [0.1, 0.15) is 5.41 Å². The van der Waals surface area contributed by atoms with Crippen LogP contribution in [-0.4, -0.2) is 83.0 Å². The van der Waals surface area contributed by atoms with Crippen molar-refractivity contribution in [1.82, 2.24) is 15.1 Å². The minimum Gasteiger partial charge on any atom is -0.475 e. The van der Waals surface area contributed by atoms with Crippen LogP contribution in [0.25, 0.3) is 0 Å². The molecule has 9 nitrogen and oxygen atoms in total. The average Bonchev–Trinajstić information content (AvgIpc) is 3.74. The molecule has 15 heteroatoms. The van der Waals surface area contributed by atoms with E-state index >= 15 is 0 Å². The number of carbonyl (C=O) groups is 4. The zero-order valence-electron chi connectivity index (χ0n) is 26.5. The fraction of sp³-hybridized carbons (Fsp3) is 0.515. The first-order valence-corrected chi connectivity index (χ1v) is 15.9. The van der Waals surface area contributed by atoms with Gasteiger partial charge >= 0.3 is 12.1 Å². The van der Waals surface area contributed by atoms with E-state index in [1.54, 1.807) is 23.1 Å². The summed E-state index contributed by atoms with van der Waals surface area (Å²) in [4.78, 5) is 53.6. The van der Waals surface area contributed by atoms with Crippen LogP contribution in [0, 0.1) is 23.0 Å². The SMILES string of the molecule is CC(C)(C)C[C@H]1N[C@@H](C(=O)N2CCN(C(=O)C3CC3)CC2)[C@H](c2cccc(Cl)c2)[C@@]12C(=O)Nc1cc(F)c(F)cc12.O=C(O)C(F)(F)F. The first-order valence-electron chi connectivity index (χ1n) is 15.5. The first kappa shape index (κ1) is 35.5. The van der Waals surface area contributed by atoms with E-state index in [9.17, 15) is 36.3 Å². The Hall–Kier alpha value is -3.78. The smallest absolute Gasteiger partial charge is 0.475 e. The second-order valence-corrected chi connectivity index (χ2v) is 14.3. The second kappa shape index (κ2) is 12.9. The molecule has 2 aromatic rings. The van der Waals surface area contributed by atoms with Crippen LogP contribution in [0.1, 0.15) is 57.1 Å². The van der Waals surface area contributed by atoms with Crippen molar-refractivity contribution >= 4 is 41.0 Å². The first-order chi connectivity index (χ1) is 22.3.